The summed E-state index contributed by atoms with van der Waals surface area (Å²) in [6, 6.07) is 16.7. The number of benzene rings is 2. The molecule has 0 atom stereocenters. The van der Waals surface area contributed by atoms with Crippen molar-refractivity contribution in [2.75, 3.05) is 0 Å². The average Bonchev–Trinajstić information content (AvgIpc) is 3.31. The molecule has 2 aromatic carbocycles. The maximum absolute atomic E-state index is 14.2. The summed E-state index contributed by atoms with van der Waals surface area (Å²) in [6.45, 7) is 3.30. The van der Waals surface area contributed by atoms with Gasteiger partial charge in [0.15, 0.2) is 11.6 Å². The summed E-state index contributed by atoms with van der Waals surface area (Å²) in [5.41, 5.74) is 0.873. The third-order valence-corrected chi connectivity index (χ3v) is 5.95. The molecule has 0 saturated carbocycles. The van der Waals surface area contributed by atoms with E-state index in [4.69, 9.17) is 11.6 Å². The Balaban J connectivity index is 1.87. The standard InChI is InChI=1S/C22H17ClF2N2OS/c1-22(2,28)20-12-17(27(26-20)16-9-4-3-7-14(16)23)19-11-10-18(29-19)13-6-5-8-15(24)21(13)25/h3-12,28H,1-2H3. The lowest BCUT2D eigenvalue weighted by atomic mass is 10.1. The van der Waals surface area contributed by atoms with E-state index in [1.54, 1.807) is 42.8 Å². The molecule has 2 heterocycles. The van der Waals surface area contributed by atoms with E-state index in [0.717, 1.165) is 10.9 Å². The number of aliphatic hydroxyl groups is 1. The van der Waals surface area contributed by atoms with Gasteiger partial charge in [0, 0.05) is 10.4 Å². The highest BCUT2D eigenvalue weighted by Crippen LogP contribution is 2.38. The molecule has 0 spiro atoms. The molecular weight excluding hydrogens is 414 g/mol. The van der Waals surface area contributed by atoms with Crippen LogP contribution in [0.2, 0.25) is 5.02 Å². The van der Waals surface area contributed by atoms with Gasteiger partial charge in [0.05, 0.1) is 27.0 Å². The summed E-state index contributed by atoms with van der Waals surface area (Å²) >= 11 is 7.68. The van der Waals surface area contributed by atoms with Gasteiger partial charge in [-0.1, -0.05) is 35.9 Å². The van der Waals surface area contributed by atoms with Gasteiger partial charge < -0.3 is 5.11 Å². The molecule has 7 heteroatoms. The third kappa shape index (κ3) is 3.71. The summed E-state index contributed by atoms with van der Waals surface area (Å²) in [6.07, 6.45) is 0. The normalized spacial score (nSPS) is 11.8. The topological polar surface area (TPSA) is 38.0 Å². The van der Waals surface area contributed by atoms with Crippen molar-refractivity contribution in [1.29, 1.82) is 0 Å². The minimum absolute atomic E-state index is 0.202. The van der Waals surface area contributed by atoms with E-state index in [-0.39, 0.29) is 5.56 Å². The lowest BCUT2D eigenvalue weighted by molar-refractivity contribution is 0.0734. The number of rotatable bonds is 4. The molecule has 3 nitrogen and oxygen atoms in total. The van der Waals surface area contributed by atoms with Gasteiger partial charge in [0.1, 0.15) is 5.60 Å². The first-order chi connectivity index (χ1) is 13.8. The van der Waals surface area contributed by atoms with Crippen molar-refractivity contribution in [3.8, 4) is 26.7 Å². The number of halogens is 3. The number of nitrogens with zero attached hydrogens (tertiary/aromatic N) is 2. The van der Waals surface area contributed by atoms with Crippen LogP contribution in [0.25, 0.3) is 26.7 Å². The molecule has 1 N–H and O–H groups in total. The molecule has 0 aliphatic carbocycles. The van der Waals surface area contributed by atoms with Crippen LogP contribution in [-0.2, 0) is 5.60 Å². The predicted molar refractivity (Wildman–Crippen MR) is 112 cm³/mol. The van der Waals surface area contributed by atoms with Gasteiger partial charge in [-0.05, 0) is 50.2 Å². The van der Waals surface area contributed by atoms with Crippen LogP contribution >= 0.6 is 22.9 Å². The largest absolute Gasteiger partial charge is 0.384 e. The zero-order valence-electron chi connectivity index (χ0n) is 15.7. The fraction of sp³-hybridized carbons (Fsp3) is 0.136. The molecule has 0 aliphatic heterocycles. The Kier molecular flexibility index (Phi) is 5.02. The van der Waals surface area contributed by atoms with Crippen molar-refractivity contribution in [2.24, 2.45) is 0 Å². The molecule has 0 bridgehead atoms. The van der Waals surface area contributed by atoms with E-state index in [0.29, 0.717) is 27.0 Å². The molecule has 0 saturated heterocycles. The lowest BCUT2D eigenvalue weighted by Crippen LogP contribution is -2.16. The molecule has 4 rings (SSSR count). The second-order valence-electron chi connectivity index (χ2n) is 7.10. The smallest absolute Gasteiger partial charge is 0.167 e. The Morgan fingerprint density at radius 2 is 1.72 bits per heavy atom. The fourth-order valence-corrected chi connectivity index (χ4v) is 4.22. The van der Waals surface area contributed by atoms with Crippen LogP contribution in [0, 0.1) is 11.6 Å². The zero-order valence-corrected chi connectivity index (χ0v) is 17.2. The van der Waals surface area contributed by atoms with Gasteiger partial charge in [-0.15, -0.1) is 11.3 Å². The highest BCUT2D eigenvalue weighted by molar-refractivity contribution is 7.18. The van der Waals surface area contributed by atoms with Crippen LogP contribution in [0.15, 0.2) is 60.7 Å². The van der Waals surface area contributed by atoms with Crippen LogP contribution in [0.4, 0.5) is 8.78 Å². The van der Waals surface area contributed by atoms with Gasteiger partial charge in [-0.3, -0.25) is 0 Å². The Morgan fingerprint density at radius 1 is 1.00 bits per heavy atom. The van der Waals surface area contributed by atoms with Crippen LogP contribution in [0.3, 0.4) is 0 Å². The molecule has 29 heavy (non-hydrogen) atoms. The number of thiophene rings is 1. The van der Waals surface area contributed by atoms with Gasteiger partial charge in [-0.2, -0.15) is 5.10 Å². The minimum atomic E-state index is -1.16. The van der Waals surface area contributed by atoms with Crippen molar-refractivity contribution < 1.29 is 13.9 Å². The SMILES string of the molecule is CC(C)(O)c1cc(-c2ccc(-c3cccc(F)c3F)s2)n(-c2ccccc2Cl)n1. The second kappa shape index (κ2) is 7.37. The maximum atomic E-state index is 14.2. The van der Waals surface area contributed by atoms with Crippen LogP contribution in [0.5, 0.6) is 0 Å². The van der Waals surface area contributed by atoms with E-state index in [9.17, 15) is 13.9 Å². The molecule has 0 unspecified atom stereocenters. The maximum Gasteiger partial charge on any atom is 0.167 e. The highest BCUT2D eigenvalue weighted by Gasteiger charge is 2.24. The van der Waals surface area contributed by atoms with E-state index < -0.39 is 17.2 Å². The summed E-state index contributed by atoms with van der Waals surface area (Å²) in [4.78, 5) is 1.38. The lowest BCUT2D eigenvalue weighted by Gasteiger charge is -2.13. The van der Waals surface area contributed by atoms with E-state index in [2.05, 4.69) is 5.10 Å². The Morgan fingerprint density at radius 3 is 2.45 bits per heavy atom. The van der Waals surface area contributed by atoms with Crippen LogP contribution < -0.4 is 0 Å². The van der Waals surface area contributed by atoms with Crippen molar-refractivity contribution in [3.05, 3.63) is 83.0 Å². The zero-order chi connectivity index (χ0) is 20.8. The predicted octanol–water partition coefficient (Wildman–Crippen LogP) is 6.43. The van der Waals surface area contributed by atoms with Gasteiger partial charge in [0.25, 0.3) is 0 Å². The first-order valence-corrected chi connectivity index (χ1v) is 10.1. The average molecular weight is 431 g/mol. The summed E-state index contributed by atoms with van der Waals surface area (Å²) < 4.78 is 29.5. The van der Waals surface area contributed by atoms with Crippen molar-refractivity contribution in [3.63, 3.8) is 0 Å². The summed E-state index contributed by atoms with van der Waals surface area (Å²) in [7, 11) is 0. The van der Waals surface area contributed by atoms with E-state index in [1.807, 2.05) is 24.3 Å². The number of hydrogen-bond donors (Lipinski definition) is 1. The van der Waals surface area contributed by atoms with Gasteiger partial charge >= 0.3 is 0 Å². The van der Waals surface area contributed by atoms with Crippen LogP contribution in [-0.4, -0.2) is 14.9 Å². The molecule has 148 valence electrons. The Bertz CT molecular complexity index is 1190. The van der Waals surface area contributed by atoms with Crippen LogP contribution in [0.1, 0.15) is 19.5 Å². The third-order valence-electron chi connectivity index (χ3n) is 4.49. The molecule has 2 aromatic heterocycles. The molecule has 0 amide bonds. The molecule has 4 aromatic rings. The summed E-state index contributed by atoms with van der Waals surface area (Å²) in [5.74, 6) is -1.76. The van der Waals surface area contributed by atoms with E-state index >= 15 is 0 Å². The minimum Gasteiger partial charge on any atom is -0.384 e. The first kappa shape index (κ1) is 19.8. The second-order valence-corrected chi connectivity index (χ2v) is 8.59. The van der Waals surface area contributed by atoms with Crippen molar-refractivity contribution in [2.45, 2.75) is 19.4 Å². The van der Waals surface area contributed by atoms with E-state index in [1.165, 1.54) is 17.4 Å². The molecule has 0 fully saturated rings. The molecule has 0 radical (unpaired) electrons. The van der Waals surface area contributed by atoms with Gasteiger partial charge in [0.2, 0.25) is 0 Å². The number of hydrogen-bond acceptors (Lipinski definition) is 3. The number of aromatic nitrogens is 2. The Hall–Kier alpha value is -2.54. The Labute approximate surface area is 175 Å². The summed E-state index contributed by atoms with van der Waals surface area (Å²) in [5, 5.41) is 15.5. The monoisotopic (exact) mass is 430 g/mol. The quantitative estimate of drug-likeness (QED) is 0.405. The molecule has 0 aliphatic rings. The fourth-order valence-electron chi connectivity index (χ4n) is 2.98. The molecular formula is C22H17ClF2N2OS. The van der Waals surface area contributed by atoms with Crippen molar-refractivity contribution in [1.82, 2.24) is 9.78 Å². The van der Waals surface area contributed by atoms with Gasteiger partial charge in [-0.25, -0.2) is 13.5 Å². The number of para-hydroxylation sites is 1. The highest BCUT2D eigenvalue weighted by atomic mass is 35.5. The first-order valence-electron chi connectivity index (χ1n) is 8.88. The van der Waals surface area contributed by atoms with Crippen molar-refractivity contribution >= 4 is 22.9 Å².